The quantitative estimate of drug-likeness (QED) is 0.513. The first kappa shape index (κ1) is 20.4. The zero-order valence-corrected chi connectivity index (χ0v) is 16.5. The summed E-state index contributed by atoms with van der Waals surface area (Å²) in [7, 11) is 0. The van der Waals surface area contributed by atoms with Crippen LogP contribution in [0.2, 0.25) is 0 Å². The van der Waals surface area contributed by atoms with Gasteiger partial charge in [0.15, 0.2) is 11.4 Å². The van der Waals surface area contributed by atoms with Gasteiger partial charge in [-0.2, -0.15) is 0 Å². The van der Waals surface area contributed by atoms with Crippen LogP contribution >= 0.6 is 0 Å². The second-order valence-electron chi connectivity index (χ2n) is 7.82. The van der Waals surface area contributed by atoms with Gasteiger partial charge in [0.2, 0.25) is 0 Å². The third-order valence-electron chi connectivity index (χ3n) is 5.18. The summed E-state index contributed by atoms with van der Waals surface area (Å²) in [6, 6.07) is 1.18. The van der Waals surface area contributed by atoms with Gasteiger partial charge in [0, 0.05) is 30.0 Å². The number of benzene rings is 1. The van der Waals surface area contributed by atoms with Gasteiger partial charge in [0.1, 0.15) is 23.2 Å². The molecule has 0 saturated carbocycles. The lowest BCUT2D eigenvalue weighted by atomic mass is 9.91. The van der Waals surface area contributed by atoms with Crippen molar-refractivity contribution < 1.29 is 29.3 Å². The van der Waals surface area contributed by atoms with E-state index in [0.717, 1.165) is 0 Å². The molecule has 1 aromatic heterocycles. The molecule has 0 radical (unpaired) electrons. The first-order valence-electron chi connectivity index (χ1n) is 9.55. The van der Waals surface area contributed by atoms with Crippen molar-refractivity contribution in [1.82, 2.24) is 0 Å². The number of aromatic hydroxyl groups is 1. The zero-order valence-electron chi connectivity index (χ0n) is 16.5. The smallest absolute Gasteiger partial charge is 0.336 e. The van der Waals surface area contributed by atoms with E-state index in [2.05, 4.69) is 0 Å². The van der Waals surface area contributed by atoms with Crippen molar-refractivity contribution in [3.63, 3.8) is 0 Å². The van der Waals surface area contributed by atoms with Crippen molar-refractivity contribution in [2.24, 2.45) is 0 Å². The fourth-order valence-electron chi connectivity index (χ4n) is 3.61. The number of phenols is 1. The van der Waals surface area contributed by atoms with Gasteiger partial charge in [-0.3, -0.25) is 4.79 Å². The van der Waals surface area contributed by atoms with Crippen LogP contribution in [0.4, 0.5) is 0 Å². The standard InChI is InChI=1S/C21H26O7/c1-5-7-13(23)17-18(25)11-8-14(21(3,4)26)27-19(11)16-10(12(22)6-2)9-15(24)28-20(16)17/h9,12,14,22,25-26H,5-8H2,1-4H3. The number of phenolic OH excluding ortho intramolecular Hbond substituents is 1. The molecule has 0 spiro atoms. The van der Waals surface area contributed by atoms with Gasteiger partial charge < -0.3 is 24.5 Å². The van der Waals surface area contributed by atoms with E-state index in [1.165, 1.54) is 6.07 Å². The number of carbonyl (C=O) groups excluding carboxylic acids is 1. The monoisotopic (exact) mass is 390 g/mol. The van der Waals surface area contributed by atoms with Gasteiger partial charge in [-0.1, -0.05) is 13.8 Å². The third kappa shape index (κ3) is 3.29. The zero-order chi connectivity index (χ0) is 20.8. The average molecular weight is 390 g/mol. The van der Waals surface area contributed by atoms with E-state index in [1.54, 1.807) is 20.8 Å². The van der Waals surface area contributed by atoms with Crippen LogP contribution in [0.1, 0.15) is 74.5 Å². The average Bonchev–Trinajstić information content (AvgIpc) is 3.06. The molecule has 0 saturated heterocycles. The Hall–Kier alpha value is -2.38. The molecule has 0 bridgehead atoms. The van der Waals surface area contributed by atoms with Gasteiger partial charge in [-0.25, -0.2) is 4.79 Å². The Morgan fingerprint density at radius 3 is 2.61 bits per heavy atom. The molecule has 1 aliphatic heterocycles. The molecule has 2 heterocycles. The van der Waals surface area contributed by atoms with Gasteiger partial charge in [-0.15, -0.1) is 0 Å². The molecule has 1 aliphatic rings. The number of aliphatic hydroxyl groups is 2. The van der Waals surface area contributed by atoms with E-state index in [1.807, 2.05) is 6.92 Å². The maximum absolute atomic E-state index is 12.7. The molecule has 1 aromatic carbocycles. The highest BCUT2D eigenvalue weighted by Gasteiger charge is 2.40. The lowest BCUT2D eigenvalue weighted by molar-refractivity contribution is -0.0225. The van der Waals surface area contributed by atoms with Crippen LogP contribution in [-0.2, 0) is 6.42 Å². The van der Waals surface area contributed by atoms with E-state index >= 15 is 0 Å². The highest BCUT2D eigenvalue weighted by molar-refractivity contribution is 6.11. The first-order chi connectivity index (χ1) is 13.1. The highest BCUT2D eigenvalue weighted by atomic mass is 16.5. The lowest BCUT2D eigenvalue weighted by Crippen LogP contribution is -2.39. The first-order valence-corrected chi connectivity index (χ1v) is 9.55. The fourth-order valence-corrected chi connectivity index (χ4v) is 3.61. The Morgan fingerprint density at radius 2 is 2.04 bits per heavy atom. The molecular weight excluding hydrogens is 364 g/mol. The van der Waals surface area contributed by atoms with Crippen LogP contribution in [0.5, 0.6) is 11.5 Å². The van der Waals surface area contributed by atoms with E-state index in [9.17, 15) is 24.9 Å². The Kier molecular flexibility index (Phi) is 5.25. The second-order valence-corrected chi connectivity index (χ2v) is 7.82. The summed E-state index contributed by atoms with van der Waals surface area (Å²) >= 11 is 0. The largest absolute Gasteiger partial charge is 0.507 e. The number of aliphatic hydroxyl groups excluding tert-OH is 1. The van der Waals surface area contributed by atoms with E-state index in [-0.39, 0.29) is 46.8 Å². The van der Waals surface area contributed by atoms with Crippen LogP contribution in [-0.4, -0.2) is 32.8 Å². The van der Waals surface area contributed by atoms with Crippen molar-refractivity contribution in [1.29, 1.82) is 0 Å². The Morgan fingerprint density at radius 1 is 1.36 bits per heavy atom. The number of ketones is 1. The Bertz CT molecular complexity index is 981. The molecule has 3 N–H and O–H groups in total. The van der Waals surface area contributed by atoms with Crippen molar-refractivity contribution in [2.45, 2.75) is 71.2 Å². The molecule has 3 rings (SSSR count). The minimum Gasteiger partial charge on any atom is -0.507 e. The summed E-state index contributed by atoms with van der Waals surface area (Å²) in [4.78, 5) is 24.9. The molecule has 152 valence electrons. The molecule has 0 amide bonds. The summed E-state index contributed by atoms with van der Waals surface area (Å²) in [5, 5.41) is 32.0. The predicted octanol–water partition coefficient (Wildman–Crippen LogP) is 3.00. The molecule has 2 unspecified atom stereocenters. The molecule has 0 fully saturated rings. The van der Waals surface area contributed by atoms with E-state index in [4.69, 9.17) is 9.15 Å². The van der Waals surface area contributed by atoms with Gasteiger partial charge in [0.05, 0.1) is 17.1 Å². The van der Waals surface area contributed by atoms with Crippen LogP contribution < -0.4 is 10.4 Å². The Balaban J connectivity index is 2.42. The molecule has 7 heteroatoms. The molecule has 0 aliphatic carbocycles. The molecule has 28 heavy (non-hydrogen) atoms. The lowest BCUT2D eigenvalue weighted by Gasteiger charge is -2.25. The van der Waals surface area contributed by atoms with Crippen molar-refractivity contribution in [3.8, 4) is 11.5 Å². The number of ether oxygens (including phenoxy) is 1. The minimum atomic E-state index is -1.20. The molecule has 7 nitrogen and oxygen atoms in total. The summed E-state index contributed by atoms with van der Waals surface area (Å²) < 4.78 is 11.3. The number of Topliss-reactive ketones (excluding diaryl/α,β-unsaturated/α-hetero) is 1. The number of hydrogen-bond acceptors (Lipinski definition) is 7. The van der Waals surface area contributed by atoms with E-state index in [0.29, 0.717) is 23.8 Å². The van der Waals surface area contributed by atoms with Crippen molar-refractivity contribution >= 4 is 16.8 Å². The molecule has 2 aromatic rings. The molecule has 2 atom stereocenters. The number of fused-ring (bicyclic) bond motifs is 3. The number of carbonyl (C=O) groups is 1. The fraction of sp³-hybridized carbons (Fsp3) is 0.524. The van der Waals surface area contributed by atoms with Gasteiger partial charge in [-0.05, 0) is 26.7 Å². The second kappa shape index (κ2) is 7.22. The maximum atomic E-state index is 12.7. The van der Waals surface area contributed by atoms with Crippen LogP contribution in [0.3, 0.4) is 0 Å². The minimum absolute atomic E-state index is 0.0714. The summed E-state index contributed by atoms with van der Waals surface area (Å²) in [5.41, 5.74) is -1.43. The van der Waals surface area contributed by atoms with Crippen LogP contribution in [0.15, 0.2) is 15.3 Å². The maximum Gasteiger partial charge on any atom is 0.336 e. The third-order valence-corrected chi connectivity index (χ3v) is 5.18. The predicted molar refractivity (Wildman–Crippen MR) is 103 cm³/mol. The number of rotatable bonds is 6. The topological polar surface area (TPSA) is 117 Å². The van der Waals surface area contributed by atoms with Gasteiger partial charge >= 0.3 is 5.63 Å². The van der Waals surface area contributed by atoms with E-state index < -0.39 is 23.4 Å². The normalized spacial score (nSPS) is 17.4. The van der Waals surface area contributed by atoms with Gasteiger partial charge in [0.25, 0.3) is 0 Å². The van der Waals surface area contributed by atoms with Crippen LogP contribution in [0, 0.1) is 0 Å². The van der Waals surface area contributed by atoms with Crippen molar-refractivity contribution in [2.75, 3.05) is 0 Å². The number of hydrogen-bond donors (Lipinski definition) is 3. The van der Waals surface area contributed by atoms with Crippen LogP contribution in [0.25, 0.3) is 11.0 Å². The summed E-state index contributed by atoms with van der Waals surface area (Å²) in [6.07, 6.45) is -0.386. The summed E-state index contributed by atoms with van der Waals surface area (Å²) in [5.74, 6) is -0.413. The van der Waals surface area contributed by atoms with Crippen molar-refractivity contribution in [3.05, 3.63) is 33.2 Å². The molecular formula is C21H26O7. The Labute approximate surface area is 162 Å². The SMILES string of the molecule is CCCC(=O)c1c(O)c2c(c3c(C(O)CC)cc(=O)oc13)OC(C(C)(C)O)C2. The summed E-state index contributed by atoms with van der Waals surface area (Å²) in [6.45, 7) is 6.78. The highest BCUT2D eigenvalue weighted by Crippen LogP contribution is 2.48.